The van der Waals surface area contributed by atoms with Gasteiger partial charge in [0.2, 0.25) is 0 Å². The van der Waals surface area contributed by atoms with E-state index in [1.807, 2.05) is 0 Å². The van der Waals surface area contributed by atoms with E-state index in [2.05, 4.69) is 27.7 Å². The van der Waals surface area contributed by atoms with E-state index in [1.54, 1.807) is 21.3 Å². The van der Waals surface area contributed by atoms with Crippen molar-refractivity contribution in [3.05, 3.63) is 0 Å². The average molecular weight is 300 g/mol. The second kappa shape index (κ2) is 9.28. The van der Waals surface area contributed by atoms with Gasteiger partial charge in [-0.15, -0.1) is 0 Å². The van der Waals surface area contributed by atoms with Crippen LogP contribution in [-0.2, 0) is 13.3 Å². The van der Waals surface area contributed by atoms with Gasteiger partial charge in [-0.1, -0.05) is 6.92 Å². The smallest absolute Gasteiger partial charge is 0.561 e. The standard InChI is InChI=1S/C12H30NO3Si.ClH/c1-8-12(13(9-2,10-3)11-4)17(14-5,15-6)16-7;/h12H,8-11H2,1-7H3;1H/q+1;/p-1. The van der Waals surface area contributed by atoms with Crippen molar-refractivity contribution in [2.75, 3.05) is 41.0 Å². The minimum atomic E-state index is -2.57. The Morgan fingerprint density at radius 1 is 0.833 bits per heavy atom. The van der Waals surface area contributed by atoms with Gasteiger partial charge in [-0.3, -0.25) is 0 Å². The number of halogens is 1. The van der Waals surface area contributed by atoms with E-state index < -0.39 is 8.80 Å². The summed E-state index contributed by atoms with van der Waals surface area (Å²) in [5.74, 6) is 0. The SMILES string of the molecule is CCC([N+](CC)(CC)CC)[Si](OC)(OC)OC.[Cl-]. The van der Waals surface area contributed by atoms with Gasteiger partial charge in [-0.2, -0.15) is 0 Å². The van der Waals surface area contributed by atoms with Crippen molar-refractivity contribution in [2.24, 2.45) is 0 Å². The van der Waals surface area contributed by atoms with E-state index in [4.69, 9.17) is 13.3 Å². The van der Waals surface area contributed by atoms with Crippen LogP contribution in [0.25, 0.3) is 0 Å². The lowest BCUT2D eigenvalue weighted by Crippen LogP contribution is -3.00. The van der Waals surface area contributed by atoms with Crippen molar-refractivity contribution in [1.82, 2.24) is 0 Å². The summed E-state index contributed by atoms with van der Waals surface area (Å²) in [6.07, 6.45) is 1.01. The van der Waals surface area contributed by atoms with Crippen LogP contribution >= 0.6 is 0 Å². The molecule has 0 saturated carbocycles. The van der Waals surface area contributed by atoms with Gasteiger partial charge in [0.05, 0.1) is 19.6 Å². The minimum absolute atomic E-state index is 0. The maximum Gasteiger partial charge on any atom is 0.561 e. The normalized spacial score (nSPS) is 14.2. The van der Waals surface area contributed by atoms with Crippen molar-refractivity contribution in [3.8, 4) is 0 Å². The van der Waals surface area contributed by atoms with Crippen molar-refractivity contribution < 1.29 is 30.2 Å². The maximum absolute atomic E-state index is 5.68. The summed E-state index contributed by atoms with van der Waals surface area (Å²) in [6.45, 7) is 12.1. The summed E-state index contributed by atoms with van der Waals surface area (Å²) in [5.41, 5.74) is 0.308. The Morgan fingerprint density at radius 3 is 1.33 bits per heavy atom. The molecule has 0 saturated heterocycles. The number of nitrogens with zero attached hydrogens (tertiary/aromatic N) is 1. The summed E-state index contributed by atoms with van der Waals surface area (Å²) in [6, 6.07) is 0. The van der Waals surface area contributed by atoms with Crippen molar-refractivity contribution in [1.29, 1.82) is 0 Å². The van der Waals surface area contributed by atoms with Crippen LogP contribution < -0.4 is 12.4 Å². The van der Waals surface area contributed by atoms with Crippen molar-refractivity contribution in [2.45, 2.75) is 39.8 Å². The first-order chi connectivity index (χ1) is 8.06. The van der Waals surface area contributed by atoms with Crippen LogP contribution in [0.1, 0.15) is 34.1 Å². The lowest BCUT2D eigenvalue weighted by atomic mass is 10.3. The largest absolute Gasteiger partial charge is 1.00 e. The van der Waals surface area contributed by atoms with Crippen molar-refractivity contribution in [3.63, 3.8) is 0 Å². The van der Waals surface area contributed by atoms with Gasteiger partial charge in [0.1, 0.15) is 0 Å². The Hall–Kier alpha value is 0.347. The molecular formula is C12H30ClNO3Si. The molecular weight excluding hydrogens is 270 g/mol. The first kappa shape index (κ1) is 20.7. The van der Waals surface area contributed by atoms with Crippen LogP contribution in [0.2, 0.25) is 0 Å². The van der Waals surface area contributed by atoms with Gasteiger partial charge >= 0.3 is 8.80 Å². The predicted molar refractivity (Wildman–Crippen MR) is 72.7 cm³/mol. The molecule has 0 aromatic rings. The molecule has 18 heavy (non-hydrogen) atoms. The van der Waals surface area contributed by atoms with Crippen LogP contribution in [0.4, 0.5) is 0 Å². The first-order valence-electron chi connectivity index (χ1n) is 6.57. The molecule has 0 fully saturated rings. The molecule has 112 valence electrons. The molecule has 0 radical (unpaired) electrons. The summed E-state index contributed by atoms with van der Waals surface area (Å²) >= 11 is 0. The fourth-order valence-electron chi connectivity index (χ4n) is 2.96. The van der Waals surface area contributed by atoms with E-state index in [9.17, 15) is 0 Å². The highest BCUT2D eigenvalue weighted by Gasteiger charge is 2.56. The van der Waals surface area contributed by atoms with E-state index in [0.717, 1.165) is 30.5 Å². The highest BCUT2D eigenvalue weighted by atomic mass is 35.5. The zero-order valence-electron chi connectivity index (χ0n) is 13.0. The minimum Gasteiger partial charge on any atom is -1.00 e. The lowest BCUT2D eigenvalue weighted by Gasteiger charge is -2.47. The Kier molecular flexibility index (Phi) is 10.7. The van der Waals surface area contributed by atoms with Gasteiger partial charge in [-0.25, -0.2) is 0 Å². The number of hydrogen-bond donors (Lipinski definition) is 0. The molecule has 0 aliphatic rings. The quantitative estimate of drug-likeness (QED) is 0.406. The Balaban J connectivity index is 0. The molecule has 0 bridgehead atoms. The van der Waals surface area contributed by atoms with Crippen LogP contribution in [0.5, 0.6) is 0 Å². The summed E-state index contributed by atoms with van der Waals surface area (Å²) in [4.78, 5) is 0. The van der Waals surface area contributed by atoms with Gasteiger partial charge < -0.3 is 30.2 Å². The second-order valence-electron chi connectivity index (χ2n) is 4.31. The zero-order chi connectivity index (χ0) is 13.5. The molecule has 1 unspecified atom stereocenters. The summed E-state index contributed by atoms with van der Waals surface area (Å²) in [7, 11) is 2.54. The molecule has 0 N–H and O–H groups in total. The monoisotopic (exact) mass is 299 g/mol. The van der Waals surface area contributed by atoms with Crippen LogP contribution in [0, 0.1) is 0 Å². The van der Waals surface area contributed by atoms with Crippen LogP contribution in [-0.4, -0.2) is 59.9 Å². The molecule has 4 nitrogen and oxygen atoms in total. The Labute approximate surface area is 120 Å². The van der Waals surface area contributed by atoms with E-state index >= 15 is 0 Å². The topological polar surface area (TPSA) is 27.7 Å². The predicted octanol–water partition coefficient (Wildman–Crippen LogP) is -0.937. The number of hydrogen-bond acceptors (Lipinski definition) is 3. The van der Waals surface area contributed by atoms with E-state index in [-0.39, 0.29) is 12.4 Å². The molecule has 1 atom stereocenters. The first-order valence-corrected chi connectivity index (χ1v) is 8.37. The molecule has 0 aliphatic carbocycles. The Bertz CT molecular complexity index is 175. The van der Waals surface area contributed by atoms with Gasteiger partial charge in [0.15, 0.2) is 5.67 Å². The van der Waals surface area contributed by atoms with Crippen LogP contribution in [0.15, 0.2) is 0 Å². The van der Waals surface area contributed by atoms with Crippen LogP contribution in [0.3, 0.4) is 0 Å². The number of rotatable bonds is 9. The zero-order valence-corrected chi connectivity index (χ0v) is 14.7. The summed E-state index contributed by atoms with van der Waals surface area (Å²) < 4.78 is 18.0. The average Bonchev–Trinajstić information content (AvgIpc) is 2.40. The fraction of sp³-hybridized carbons (Fsp3) is 1.00. The van der Waals surface area contributed by atoms with Crippen molar-refractivity contribution >= 4 is 8.80 Å². The second-order valence-corrected chi connectivity index (χ2v) is 7.41. The van der Waals surface area contributed by atoms with E-state index in [0.29, 0.717) is 5.67 Å². The molecule has 0 aromatic heterocycles. The third-order valence-electron chi connectivity index (χ3n) is 4.20. The molecule has 0 amide bonds. The summed E-state index contributed by atoms with van der Waals surface area (Å²) in [5, 5.41) is 0. The molecule has 0 heterocycles. The van der Waals surface area contributed by atoms with E-state index in [1.165, 1.54) is 0 Å². The molecule has 0 aliphatic heterocycles. The molecule has 0 aromatic carbocycles. The van der Waals surface area contributed by atoms with Gasteiger partial charge in [0.25, 0.3) is 0 Å². The molecule has 0 spiro atoms. The van der Waals surface area contributed by atoms with Gasteiger partial charge in [0, 0.05) is 27.8 Å². The lowest BCUT2D eigenvalue weighted by molar-refractivity contribution is -0.938. The fourth-order valence-corrected chi connectivity index (χ4v) is 6.00. The third-order valence-corrected chi connectivity index (χ3v) is 7.68. The highest BCUT2D eigenvalue weighted by Crippen LogP contribution is 2.27. The molecule has 6 heteroatoms. The highest BCUT2D eigenvalue weighted by molar-refractivity contribution is 6.62. The molecule has 0 rings (SSSR count). The van der Waals surface area contributed by atoms with Gasteiger partial charge in [-0.05, 0) is 20.8 Å². The number of quaternary nitrogens is 1. The Morgan fingerprint density at radius 2 is 1.17 bits per heavy atom. The third kappa shape index (κ3) is 3.68. The maximum atomic E-state index is 5.68.